The van der Waals surface area contributed by atoms with Crippen molar-refractivity contribution >= 4 is 17.6 Å². The number of fused-ring (bicyclic) bond motifs is 1. The van der Waals surface area contributed by atoms with Gasteiger partial charge in [-0.15, -0.1) is 0 Å². The van der Waals surface area contributed by atoms with Crippen LogP contribution in [0.1, 0.15) is 10.6 Å². The van der Waals surface area contributed by atoms with E-state index in [1.807, 2.05) is 0 Å². The molecule has 19 heavy (non-hydrogen) atoms. The molecule has 2 heterocycles. The van der Waals surface area contributed by atoms with Crippen LogP contribution in [0.5, 0.6) is 11.5 Å². The summed E-state index contributed by atoms with van der Waals surface area (Å²) < 4.78 is 15.3. The summed E-state index contributed by atoms with van der Waals surface area (Å²) in [5.41, 5.74) is 0.550. The van der Waals surface area contributed by atoms with E-state index in [4.69, 9.17) is 13.9 Å². The van der Waals surface area contributed by atoms with Gasteiger partial charge in [-0.1, -0.05) is 0 Å². The Bertz CT molecular complexity index is 632. The maximum absolute atomic E-state index is 11.7. The highest BCUT2D eigenvalue weighted by Crippen LogP contribution is 2.31. The number of furan rings is 1. The summed E-state index contributed by atoms with van der Waals surface area (Å²) in [7, 11) is 0. The Labute approximate surface area is 107 Å². The first kappa shape index (κ1) is 11.3. The first-order valence-electron chi connectivity index (χ1n) is 5.55. The van der Waals surface area contributed by atoms with Crippen LogP contribution in [0.15, 0.2) is 41.0 Å². The second kappa shape index (κ2) is 4.49. The number of carbonyl (C=O) groups is 2. The highest BCUT2D eigenvalue weighted by atomic mass is 16.5. The van der Waals surface area contributed by atoms with Crippen LogP contribution < -0.4 is 14.8 Å². The lowest BCUT2D eigenvalue weighted by atomic mass is 10.2. The van der Waals surface area contributed by atoms with Gasteiger partial charge in [-0.2, -0.15) is 0 Å². The number of benzene rings is 1. The van der Waals surface area contributed by atoms with Crippen molar-refractivity contribution in [3.8, 4) is 11.5 Å². The van der Waals surface area contributed by atoms with Crippen LogP contribution in [-0.2, 0) is 4.79 Å². The number of ether oxygens (including phenoxy) is 2. The molecule has 1 aromatic carbocycles. The number of anilines is 1. The topological polar surface area (TPSA) is 77.8 Å². The summed E-state index contributed by atoms with van der Waals surface area (Å²) in [5, 5.41) is 2.65. The zero-order valence-electron chi connectivity index (χ0n) is 9.71. The van der Waals surface area contributed by atoms with Crippen molar-refractivity contribution < 1.29 is 23.5 Å². The van der Waals surface area contributed by atoms with Gasteiger partial charge in [0.25, 0.3) is 5.91 Å². The van der Waals surface area contributed by atoms with Gasteiger partial charge in [0, 0.05) is 6.07 Å². The second-order valence-corrected chi connectivity index (χ2v) is 3.86. The van der Waals surface area contributed by atoms with Crippen molar-refractivity contribution in [2.24, 2.45) is 0 Å². The van der Waals surface area contributed by atoms with Gasteiger partial charge in [-0.3, -0.25) is 4.79 Å². The zero-order chi connectivity index (χ0) is 13.2. The standard InChI is InChI=1S/C13H9NO5/c15-12-7-18-11-6-8(3-4-9(11)14-12)19-13(16)10-2-1-5-17-10/h1-6H,7H2,(H,14,15). The number of rotatable bonds is 2. The minimum atomic E-state index is -0.593. The van der Waals surface area contributed by atoms with E-state index in [1.54, 1.807) is 18.2 Å². The Hall–Kier alpha value is -2.76. The number of carbonyl (C=O) groups excluding carboxylic acids is 2. The average molecular weight is 259 g/mol. The number of hydrogen-bond donors (Lipinski definition) is 1. The first-order chi connectivity index (χ1) is 9.22. The fraction of sp³-hybridized carbons (Fsp3) is 0.0769. The molecule has 1 N–H and O–H groups in total. The Balaban J connectivity index is 1.79. The molecule has 0 atom stereocenters. The van der Waals surface area contributed by atoms with Gasteiger partial charge in [-0.25, -0.2) is 4.79 Å². The molecular weight excluding hydrogens is 250 g/mol. The quantitative estimate of drug-likeness (QED) is 0.657. The van der Waals surface area contributed by atoms with E-state index in [-0.39, 0.29) is 18.3 Å². The van der Waals surface area contributed by atoms with E-state index in [0.717, 1.165) is 0 Å². The lowest BCUT2D eigenvalue weighted by molar-refractivity contribution is -0.118. The number of esters is 1. The molecule has 0 fully saturated rings. The summed E-state index contributed by atoms with van der Waals surface area (Å²) >= 11 is 0. The van der Waals surface area contributed by atoms with Crippen molar-refractivity contribution in [2.75, 3.05) is 11.9 Å². The number of amides is 1. The molecule has 1 aliphatic rings. The van der Waals surface area contributed by atoms with Crippen LogP contribution >= 0.6 is 0 Å². The molecule has 6 heteroatoms. The fourth-order valence-corrected chi connectivity index (χ4v) is 1.67. The first-order valence-corrected chi connectivity index (χ1v) is 5.55. The van der Waals surface area contributed by atoms with E-state index < -0.39 is 5.97 Å². The van der Waals surface area contributed by atoms with E-state index in [0.29, 0.717) is 17.2 Å². The molecule has 96 valence electrons. The Kier molecular flexibility index (Phi) is 2.68. The number of nitrogens with one attached hydrogen (secondary N) is 1. The molecule has 1 aliphatic heterocycles. The summed E-state index contributed by atoms with van der Waals surface area (Å²) in [6.45, 7) is -0.0530. The predicted octanol–water partition coefficient (Wildman–Crippen LogP) is 1.83. The van der Waals surface area contributed by atoms with E-state index in [9.17, 15) is 9.59 Å². The summed E-state index contributed by atoms with van der Waals surface area (Å²) in [6.07, 6.45) is 1.39. The number of hydrogen-bond acceptors (Lipinski definition) is 5. The molecule has 0 saturated heterocycles. The maximum Gasteiger partial charge on any atom is 0.379 e. The third-order valence-corrected chi connectivity index (χ3v) is 2.52. The van der Waals surface area contributed by atoms with Gasteiger partial charge in [0.2, 0.25) is 5.76 Å². The summed E-state index contributed by atoms with van der Waals surface area (Å²) in [6, 6.07) is 7.82. The fourth-order valence-electron chi connectivity index (χ4n) is 1.67. The Morgan fingerprint density at radius 1 is 1.32 bits per heavy atom. The molecule has 2 aromatic rings. The van der Waals surface area contributed by atoms with Crippen molar-refractivity contribution in [3.63, 3.8) is 0 Å². The largest absolute Gasteiger partial charge is 0.481 e. The van der Waals surface area contributed by atoms with Gasteiger partial charge in [0.05, 0.1) is 12.0 Å². The second-order valence-electron chi connectivity index (χ2n) is 3.86. The lowest BCUT2D eigenvalue weighted by Crippen LogP contribution is -2.25. The average Bonchev–Trinajstić information content (AvgIpc) is 2.93. The minimum absolute atomic E-state index is 0.0530. The van der Waals surface area contributed by atoms with Gasteiger partial charge in [0.1, 0.15) is 11.5 Å². The molecular formula is C13H9NO5. The van der Waals surface area contributed by atoms with Gasteiger partial charge >= 0.3 is 5.97 Å². The minimum Gasteiger partial charge on any atom is -0.481 e. The zero-order valence-corrected chi connectivity index (χ0v) is 9.71. The molecule has 1 amide bonds. The predicted molar refractivity (Wildman–Crippen MR) is 64.2 cm³/mol. The van der Waals surface area contributed by atoms with Gasteiger partial charge < -0.3 is 19.2 Å². The highest BCUT2D eigenvalue weighted by Gasteiger charge is 2.18. The van der Waals surface area contributed by atoms with Gasteiger partial charge in [-0.05, 0) is 24.3 Å². The summed E-state index contributed by atoms with van der Waals surface area (Å²) in [5.74, 6) is 0.0882. The molecule has 0 radical (unpaired) electrons. The molecule has 1 aromatic heterocycles. The van der Waals surface area contributed by atoms with E-state index in [2.05, 4.69) is 5.32 Å². The van der Waals surface area contributed by atoms with Crippen molar-refractivity contribution in [2.45, 2.75) is 0 Å². The molecule has 0 bridgehead atoms. The maximum atomic E-state index is 11.7. The van der Waals surface area contributed by atoms with Crippen molar-refractivity contribution in [1.82, 2.24) is 0 Å². The third-order valence-electron chi connectivity index (χ3n) is 2.52. The lowest BCUT2D eigenvalue weighted by Gasteiger charge is -2.18. The Morgan fingerprint density at radius 3 is 3.00 bits per heavy atom. The Morgan fingerprint density at radius 2 is 2.21 bits per heavy atom. The summed E-state index contributed by atoms with van der Waals surface area (Å²) in [4.78, 5) is 22.8. The molecule has 0 saturated carbocycles. The van der Waals surface area contributed by atoms with Crippen LogP contribution in [0.25, 0.3) is 0 Å². The van der Waals surface area contributed by atoms with Crippen LogP contribution in [0.4, 0.5) is 5.69 Å². The molecule has 0 aliphatic carbocycles. The smallest absolute Gasteiger partial charge is 0.379 e. The van der Waals surface area contributed by atoms with Crippen LogP contribution in [-0.4, -0.2) is 18.5 Å². The molecule has 0 unspecified atom stereocenters. The van der Waals surface area contributed by atoms with Gasteiger partial charge in [0.15, 0.2) is 6.61 Å². The van der Waals surface area contributed by atoms with E-state index >= 15 is 0 Å². The van der Waals surface area contributed by atoms with Crippen LogP contribution in [0.3, 0.4) is 0 Å². The third kappa shape index (κ3) is 2.28. The molecule has 6 nitrogen and oxygen atoms in total. The van der Waals surface area contributed by atoms with Crippen LogP contribution in [0.2, 0.25) is 0 Å². The van der Waals surface area contributed by atoms with Crippen LogP contribution in [0, 0.1) is 0 Å². The van der Waals surface area contributed by atoms with E-state index in [1.165, 1.54) is 18.4 Å². The monoisotopic (exact) mass is 259 g/mol. The SMILES string of the molecule is O=C1COc2cc(OC(=O)c3ccco3)ccc2N1. The molecule has 3 rings (SSSR count). The highest BCUT2D eigenvalue weighted by molar-refractivity contribution is 5.95. The van der Waals surface area contributed by atoms with Crippen molar-refractivity contribution in [3.05, 3.63) is 42.4 Å². The molecule has 0 spiro atoms. The van der Waals surface area contributed by atoms with Crippen molar-refractivity contribution in [1.29, 1.82) is 0 Å². The normalized spacial score (nSPS) is 13.2.